The molecule has 0 spiro atoms. The monoisotopic (exact) mass is 296 g/mol. The van der Waals surface area contributed by atoms with Gasteiger partial charge in [0, 0.05) is 29.9 Å². The van der Waals surface area contributed by atoms with E-state index in [9.17, 15) is 8.42 Å². The van der Waals surface area contributed by atoms with Crippen molar-refractivity contribution < 1.29 is 8.42 Å². The standard InChI is InChI=1S/C13H20N4O2S/c1-9(2)13(3,8-14)17-20(18,19)11-7-16-12-10(11)5-4-6-15-12/h4-7,9,17H,8,14H2,1-3H3,(H,15,16). The van der Waals surface area contributed by atoms with Crippen molar-refractivity contribution in [3.63, 3.8) is 0 Å². The van der Waals surface area contributed by atoms with Crippen molar-refractivity contribution in [3.05, 3.63) is 24.5 Å². The third kappa shape index (κ3) is 2.56. The lowest BCUT2D eigenvalue weighted by molar-refractivity contribution is 0.315. The van der Waals surface area contributed by atoms with E-state index < -0.39 is 15.6 Å². The van der Waals surface area contributed by atoms with Crippen LogP contribution in [-0.2, 0) is 10.0 Å². The van der Waals surface area contributed by atoms with Crippen LogP contribution in [0.5, 0.6) is 0 Å². The molecule has 1 atom stereocenters. The first-order valence-electron chi connectivity index (χ1n) is 6.46. The molecule has 2 rings (SSSR count). The highest BCUT2D eigenvalue weighted by atomic mass is 32.2. The van der Waals surface area contributed by atoms with Crippen molar-refractivity contribution >= 4 is 21.1 Å². The summed E-state index contributed by atoms with van der Waals surface area (Å²) in [5.41, 5.74) is 5.59. The molecular formula is C13H20N4O2S. The number of rotatable bonds is 5. The van der Waals surface area contributed by atoms with Crippen molar-refractivity contribution in [2.75, 3.05) is 6.54 Å². The van der Waals surface area contributed by atoms with Gasteiger partial charge in [-0.25, -0.2) is 18.1 Å². The average Bonchev–Trinajstić information content (AvgIpc) is 2.82. The predicted molar refractivity (Wildman–Crippen MR) is 78.7 cm³/mol. The van der Waals surface area contributed by atoms with Gasteiger partial charge < -0.3 is 10.7 Å². The second-order valence-electron chi connectivity index (χ2n) is 5.43. The SMILES string of the molecule is CC(C)C(C)(CN)NS(=O)(=O)c1c[nH]c2ncccc12. The number of H-pyrrole nitrogens is 1. The van der Waals surface area contributed by atoms with E-state index in [1.807, 2.05) is 20.8 Å². The van der Waals surface area contributed by atoms with Crippen LogP contribution in [0.25, 0.3) is 11.0 Å². The number of nitrogens with one attached hydrogen (secondary N) is 2. The lowest BCUT2D eigenvalue weighted by Crippen LogP contribution is -2.54. The van der Waals surface area contributed by atoms with Gasteiger partial charge in [-0.15, -0.1) is 0 Å². The van der Waals surface area contributed by atoms with Crippen LogP contribution in [0.3, 0.4) is 0 Å². The molecule has 110 valence electrons. The molecule has 0 aliphatic heterocycles. The van der Waals surface area contributed by atoms with E-state index in [4.69, 9.17) is 5.73 Å². The highest BCUT2D eigenvalue weighted by Crippen LogP contribution is 2.24. The quantitative estimate of drug-likeness (QED) is 0.772. The summed E-state index contributed by atoms with van der Waals surface area (Å²) in [7, 11) is -3.66. The summed E-state index contributed by atoms with van der Waals surface area (Å²) < 4.78 is 27.9. The van der Waals surface area contributed by atoms with Gasteiger partial charge in [0.25, 0.3) is 0 Å². The van der Waals surface area contributed by atoms with Gasteiger partial charge >= 0.3 is 0 Å². The Labute approximate surface area is 118 Å². The molecular weight excluding hydrogens is 276 g/mol. The Balaban J connectivity index is 2.46. The summed E-state index contributed by atoms with van der Waals surface area (Å²) in [6.45, 7) is 5.91. The van der Waals surface area contributed by atoms with E-state index in [1.165, 1.54) is 6.20 Å². The molecule has 4 N–H and O–H groups in total. The number of hydrogen-bond donors (Lipinski definition) is 3. The van der Waals surface area contributed by atoms with Crippen LogP contribution in [-0.4, -0.2) is 30.5 Å². The molecule has 6 nitrogen and oxygen atoms in total. The van der Waals surface area contributed by atoms with E-state index in [0.29, 0.717) is 11.0 Å². The molecule has 2 aromatic rings. The maximum Gasteiger partial charge on any atom is 0.243 e. The smallest absolute Gasteiger partial charge is 0.243 e. The molecule has 1 unspecified atom stereocenters. The number of nitrogens with zero attached hydrogens (tertiary/aromatic N) is 1. The Bertz CT molecular complexity index is 708. The molecule has 0 aromatic carbocycles. The van der Waals surface area contributed by atoms with Gasteiger partial charge in [-0.1, -0.05) is 13.8 Å². The van der Waals surface area contributed by atoms with Crippen LogP contribution in [0.1, 0.15) is 20.8 Å². The minimum Gasteiger partial charge on any atom is -0.345 e. The third-order valence-electron chi connectivity index (χ3n) is 3.77. The number of fused-ring (bicyclic) bond motifs is 1. The minimum absolute atomic E-state index is 0.0746. The number of hydrogen-bond acceptors (Lipinski definition) is 4. The van der Waals surface area contributed by atoms with Gasteiger partial charge in [-0.05, 0) is 25.0 Å². The van der Waals surface area contributed by atoms with Gasteiger partial charge in [0.1, 0.15) is 10.5 Å². The van der Waals surface area contributed by atoms with Crippen molar-refractivity contribution in [1.82, 2.24) is 14.7 Å². The summed E-state index contributed by atoms with van der Waals surface area (Å²) in [6.07, 6.45) is 3.07. The number of aromatic nitrogens is 2. The second-order valence-corrected chi connectivity index (χ2v) is 7.09. The summed E-state index contributed by atoms with van der Waals surface area (Å²) in [6, 6.07) is 3.43. The van der Waals surface area contributed by atoms with Crippen LogP contribution in [0.4, 0.5) is 0 Å². The van der Waals surface area contributed by atoms with Gasteiger partial charge in [0.15, 0.2) is 0 Å². The maximum atomic E-state index is 12.6. The molecule has 0 amide bonds. The Kier molecular flexibility index (Phi) is 3.86. The molecule has 0 aliphatic carbocycles. The third-order valence-corrected chi connectivity index (χ3v) is 5.42. The van der Waals surface area contributed by atoms with Crippen LogP contribution < -0.4 is 10.5 Å². The molecule has 7 heteroatoms. The zero-order valence-electron chi connectivity index (χ0n) is 11.8. The van der Waals surface area contributed by atoms with E-state index in [2.05, 4.69) is 14.7 Å². The summed E-state index contributed by atoms with van der Waals surface area (Å²) in [4.78, 5) is 7.16. The van der Waals surface area contributed by atoms with Gasteiger partial charge in [-0.2, -0.15) is 0 Å². The summed E-state index contributed by atoms with van der Waals surface area (Å²) in [5.74, 6) is 0.0746. The molecule has 0 aliphatic rings. The van der Waals surface area contributed by atoms with Crippen molar-refractivity contribution in [3.8, 4) is 0 Å². The van der Waals surface area contributed by atoms with Crippen LogP contribution >= 0.6 is 0 Å². The number of aromatic amines is 1. The largest absolute Gasteiger partial charge is 0.345 e. The van der Waals surface area contributed by atoms with Gasteiger partial charge in [-0.3, -0.25) is 0 Å². The Morgan fingerprint density at radius 1 is 1.50 bits per heavy atom. The first kappa shape index (κ1) is 15.0. The lowest BCUT2D eigenvalue weighted by Gasteiger charge is -2.32. The Hall–Kier alpha value is -1.44. The highest BCUT2D eigenvalue weighted by Gasteiger charge is 2.33. The number of pyridine rings is 1. The molecule has 20 heavy (non-hydrogen) atoms. The first-order chi connectivity index (χ1) is 9.30. The molecule has 0 bridgehead atoms. The van der Waals surface area contributed by atoms with Crippen molar-refractivity contribution in [2.24, 2.45) is 11.7 Å². The Morgan fingerprint density at radius 3 is 2.80 bits per heavy atom. The first-order valence-corrected chi connectivity index (χ1v) is 7.94. The fourth-order valence-corrected chi connectivity index (χ4v) is 3.62. The highest BCUT2D eigenvalue weighted by molar-refractivity contribution is 7.89. The van der Waals surface area contributed by atoms with Crippen LogP contribution in [0.2, 0.25) is 0 Å². The van der Waals surface area contributed by atoms with Crippen LogP contribution in [0.15, 0.2) is 29.4 Å². The van der Waals surface area contributed by atoms with Gasteiger partial charge in [0.2, 0.25) is 10.0 Å². The zero-order valence-corrected chi connectivity index (χ0v) is 12.7. The molecule has 2 heterocycles. The second kappa shape index (κ2) is 5.16. The average molecular weight is 296 g/mol. The fourth-order valence-electron chi connectivity index (χ4n) is 1.91. The topological polar surface area (TPSA) is 101 Å². The number of sulfonamides is 1. The number of nitrogens with two attached hydrogens (primary N) is 1. The molecule has 0 radical (unpaired) electrons. The van der Waals surface area contributed by atoms with E-state index in [0.717, 1.165) is 0 Å². The summed E-state index contributed by atoms with van der Waals surface area (Å²) in [5, 5.41) is 0.572. The maximum absolute atomic E-state index is 12.6. The molecule has 0 saturated carbocycles. The minimum atomic E-state index is -3.66. The summed E-state index contributed by atoms with van der Waals surface area (Å²) >= 11 is 0. The van der Waals surface area contributed by atoms with E-state index in [1.54, 1.807) is 18.3 Å². The van der Waals surface area contributed by atoms with Crippen molar-refractivity contribution in [1.29, 1.82) is 0 Å². The van der Waals surface area contributed by atoms with E-state index in [-0.39, 0.29) is 17.4 Å². The fraction of sp³-hybridized carbons (Fsp3) is 0.462. The zero-order chi connectivity index (χ0) is 15.0. The molecule has 0 saturated heterocycles. The van der Waals surface area contributed by atoms with Crippen LogP contribution in [0, 0.1) is 5.92 Å². The lowest BCUT2D eigenvalue weighted by atomic mass is 9.90. The van der Waals surface area contributed by atoms with Gasteiger partial charge in [0.05, 0.1) is 0 Å². The normalized spacial score (nSPS) is 15.7. The van der Waals surface area contributed by atoms with Crippen molar-refractivity contribution in [2.45, 2.75) is 31.2 Å². The predicted octanol–water partition coefficient (Wildman–Crippen LogP) is 1.21. The molecule has 2 aromatic heterocycles. The van der Waals surface area contributed by atoms with E-state index >= 15 is 0 Å². The Morgan fingerprint density at radius 2 is 2.20 bits per heavy atom. The molecule has 0 fully saturated rings.